The highest BCUT2D eigenvalue weighted by Gasteiger charge is 2.36. The molecule has 3 rings (SSSR count). The third-order valence-electron chi connectivity index (χ3n) is 5.11. The van der Waals surface area contributed by atoms with Gasteiger partial charge >= 0.3 is 0 Å². The normalized spacial score (nSPS) is 16.9. The highest BCUT2D eigenvalue weighted by molar-refractivity contribution is 7.92. The minimum Gasteiger partial charge on any atom is -0.338 e. The van der Waals surface area contributed by atoms with E-state index in [-0.39, 0.29) is 35.3 Å². The molecular formula is C20H26ClN3O3S. The number of amides is 1. The van der Waals surface area contributed by atoms with Crippen molar-refractivity contribution in [1.82, 2.24) is 4.90 Å². The van der Waals surface area contributed by atoms with Gasteiger partial charge in [0.1, 0.15) is 0 Å². The number of nitrogens with zero attached hydrogens (tertiary/aromatic N) is 2. The van der Waals surface area contributed by atoms with E-state index in [0.717, 1.165) is 5.56 Å². The summed E-state index contributed by atoms with van der Waals surface area (Å²) < 4.78 is 28.1. The van der Waals surface area contributed by atoms with Crippen LogP contribution in [0.4, 0.5) is 5.69 Å². The number of hydrogen-bond donors (Lipinski definition) is 1. The first-order valence-corrected chi connectivity index (χ1v) is 10.4. The van der Waals surface area contributed by atoms with E-state index >= 15 is 0 Å². The van der Waals surface area contributed by atoms with Gasteiger partial charge in [0.2, 0.25) is 0 Å². The molecule has 0 aromatic heterocycles. The molecule has 0 saturated carbocycles. The fourth-order valence-electron chi connectivity index (χ4n) is 3.37. The van der Waals surface area contributed by atoms with Gasteiger partial charge in [0.25, 0.3) is 15.9 Å². The van der Waals surface area contributed by atoms with Crippen LogP contribution in [0.3, 0.4) is 0 Å². The average Bonchev–Trinajstić information content (AvgIpc) is 3.02. The van der Waals surface area contributed by atoms with Crippen molar-refractivity contribution in [2.75, 3.05) is 17.9 Å². The highest BCUT2D eigenvalue weighted by atomic mass is 35.5. The van der Waals surface area contributed by atoms with Crippen molar-refractivity contribution in [1.29, 1.82) is 0 Å². The molecule has 152 valence electrons. The number of para-hydroxylation sites is 1. The summed E-state index contributed by atoms with van der Waals surface area (Å²) in [6.07, 6.45) is 0.671. The Balaban J connectivity index is 0.00000280. The second-order valence-electron chi connectivity index (χ2n) is 7.01. The lowest BCUT2D eigenvalue weighted by Crippen LogP contribution is -2.40. The third kappa shape index (κ3) is 3.87. The average molecular weight is 424 g/mol. The smallest absolute Gasteiger partial charge is 0.264 e. The van der Waals surface area contributed by atoms with E-state index in [1.54, 1.807) is 19.2 Å². The summed E-state index contributed by atoms with van der Waals surface area (Å²) in [7, 11) is -2.10. The van der Waals surface area contributed by atoms with Gasteiger partial charge in [-0.15, -0.1) is 12.4 Å². The lowest BCUT2D eigenvalue weighted by atomic mass is 10.1. The summed E-state index contributed by atoms with van der Waals surface area (Å²) in [6.45, 7) is 4.08. The molecule has 6 nitrogen and oxygen atoms in total. The third-order valence-corrected chi connectivity index (χ3v) is 7.03. The number of hydrogen-bond acceptors (Lipinski definition) is 4. The van der Waals surface area contributed by atoms with Gasteiger partial charge in [-0.3, -0.25) is 9.10 Å². The number of carbonyl (C=O) groups is 1. The molecular weight excluding hydrogens is 398 g/mol. The molecule has 1 aliphatic heterocycles. The zero-order valence-corrected chi connectivity index (χ0v) is 17.8. The Kier molecular flexibility index (Phi) is 6.75. The molecule has 2 atom stereocenters. The maximum absolute atomic E-state index is 13.3. The molecule has 1 amide bonds. The van der Waals surface area contributed by atoms with Gasteiger partial charge in [-0.05, 0) is 50.1 Å². The minimum absolute atomic E-state index is 0. The van der Waals surface area contributed by atoms with E-state index in [1.165, 1.54) is 21.3 Å². The lowest BCUT2D eigenvalue weighted by molar-refractivity contribution is 0.0748. The van der Waals surface area contributed by atoms with Crippen LogP contribution in [-0.4, -0.2) is 44.9 Å². The number of fused-ring (bicyclic) bond motifs is 1. The van der Waals surface area contributed by atoms with Crippen LogP contribution in [0.25, 0.3) is 0 Å². The van der Waals surface area contributed by atoms with Crippen LogP contribution in [0.2, 0.25) is 0 Å². The van der Waals surface area contributed by atoms with Crippen molar-refractivity contribution in [2.45, 2.75) is 37.2 Å². The second kappa shape index (κ2) is 8.51. The molecule has 0 spiro atoms. The fraction of sp³-hybridized carbons (Fsp3) is 0.350. The van der Waals surface area contributed by atoms with Gasteiger partial charge in [0.15, 0.2) is 0 Å². The molecule has 1 heterocycles. The van der Waals surface area contributed by atoms with Gasteiger partial charge in [0.05, 0.1) is 10.6 Å². The monoisotopic (exact) mass is 423 g/mol. The molecule has 28 heavy (non-hydrogen) atoms. The van der Waals surface area contributed by atoms with Crippen molar-refractivity contribution in [3.63, 3.8) is 0 Å². The van der Waals surface area contributed by atoms with E-state index in [9.17, 15) is 13.2 Å². The zero-order chi connectivity index (χ0) is 19.8. The van der Waals surface area contributed by atoms with Gasteiger partial charge in [-0.1, -0.05) is 24.3 Å². The summed E-state index contributed by atoms with van der Waals surface area (Å²) >= 11 is 0. The van der Waals surface area contributed by atoms with Crippen molar-refractivity contribution in [2.24, 2.45) is 5.73 Å². The Morgan fingerprint density at radius 1 is 1.25 bits per heavy atom. The number of anilines is 1. The predicted molar refractivity (Wildman–Crippen MR) is 114 cm³/mol. The Labute approximate surface area is 172 Å². The fourth-order valence-corrected chi connectivity index (χ4v) is 5.11. The summed E-state index contributed by atoms with van der Waals surface area (Å²) in [5.41, 5.74) is 7.68. The Morgan fingerprint density at radius 2 is 1.93 bits per heavy atom. The summed E-state index contributed by atoms with van der Waals surface area (Å²) in [6, 6.07) is 13.4. The van der Waals surface area contributed by atoms with E-state index in [0.29, 0.717) is 24.2 Å². The predicted octanol–water partition coefficient (Wildman–Crippen LogP) is 2.67. The number of carbonyl (C=O) groups excluding carboxylic acids is 1. The van der Waals surface area contributed by atoms with Crippen LogP contribution >= 0.6 is 12.4 Å². The van der Waals surface area contributed by atoms with Crippen LogP contribution in [0.5, 0.6) is 0 Å². The Bertz CT molecular complexity index is 965. The largest absolute Gasteiger partial charge is 0.338 e. The van der Waals surface area contributed by atoms with Gasteiger partial charge in [-0.2, -0.15) is 0 Å². The second-order valence-corrected chi connectivity index (χ2v) is 8.83. The van der Waals surface area contributed by atoms with Crippen LogP contribution in [0.15, 0.2) is 53.4 Å². The van der Waals surface area contributed by atoms with Gasteiger partial charge in [-0.25, -0.2) is 8.42 Å². The summed E-state index contributed by atoms with van der Waals surface area (Å²) in [5.74, 6) is -0.250. The number of rotatable bonds is 5. The molecule has 2 aromatic carbocycles. The van der Waals surface area contributed by atoms with E-state index in [4.69, 9.17) is 5.73 Å². The number of halogens is 1. The maximum atomic E-state index is 13.3. The molecule has 2 unspecified atom stereocenters. The van der Waals surface area contributed by atoms with E-state index < -0.39 is 10.0 Å². The van der Waals surface area contributed by atoms with Crippen molar-refractivity contribution in [3.05, 3.63) is 59.7 Å². The van der Waals surface area contributed by atoms with Crippen LogP contribution in [-0.2, 0) is 16.4 Å². The molecule has 0 aliphatic carbocycles. The quantitative estimate of drug-likeness (QED) is 0.801. The molecule has 0 fully saturated rings. The van der Waals surface area contributed by atoms with E-state index in [1.807, 2.05) is 38.1 Å². The number of benzene rings is 2. The van der Waals surface area contributed by atoms with Crippen molar-refractivity contribution >= 4 is 34.0 Å². The van der Waals surface area contributed by atoms with Crippen LogP contribution in [0, 0.1) is 0 Å². The molecule has 0 saturated heterocycles. The van der Waals surface area contributed by atoms with Crippen LogP contribution < -0.4 is 10.0 Å². The molecule has 2 N–H and O–H groups in total. The van der Waals surface area contributed by atoms with Crippen molar-refractivity contribution in [3.8, 4) is 0 Å². The zero-order valence-electron chi connectivity index (χ0n) is 16.2. The van der Waals surface area contributed by atoms with Crippen LogP contribution in [0.1, 0.15) is 29.8 Å². The van der Waals surface area contributed by atoms with Gasteiger partial charge in [0, 0.05) is 31.2 Å². The first kappa shape index (κ1) is 22.2. The Morgan fingerprint density at radius 3 is 2.61 bits per heavy atom. The first-order chi connectivity index (χ1) is 12.8. The van der Waals surface area contributed by atoms with Gasteiger partial charge < -0.3 is 10.6 Å². The number of sulfonamides is 1. The number of nitrogens with two attached hydrogens (primary N) is 1. The molecule has 0 radical (unpaired) electrons. The maximum Gasteiger partial charge on any atom is 0.264 e. The number of likely N-dealkylation sites (N-methyl/N-ethyl adjacent to an activating group) is 1. The summed E-state index contributed by atoms with van der Waals surface area (Å²) in [4.78, 5) is 14.3. The topological polar surface area (TPSA) is 83.7 Å². The lowest BCUT2D eigenvalue weighted by Gasteiger charge is -2.26. The minimum atomic E-state index is -3.77. The van der Waals surface area contributed by atoms with E-state index in [2.05, 4.69) is 0 Å². The molecule has 8 heteroatoms. The SMILES string of the molecule is CC(CN)N(C)C(=O)c1cccc(S(=O)(=O)N2c3ccccc3CC2C)c1.Cl. The first-order valence-electron chi connectivity index (χ1n) is 8.97. The highest BCUT2D eigenvalue weighted by Crippen LogP contribution is 2.36. The molecule has 1 aliphatic rings. The Hall–Kier alpha value is -2.09. The standard InChI is InChI=1S/C20H25N3O3S.ClH/c1-14-11-16-7-4-5-10-19(16)23(14)27(25,26)18-9-6-8-17(12-18)20(24)22(3)15(2)13-21;/h4-10,12,14-15H,11,13,21H2,1-3H3;1H. The molecule has 0 bridgehead atoms. The molecule has 2 aromatic rings. The summed E-state index contributed by atoms with van der Waals surface area (Å²) in [5, 5.41) is 0. The van der Waals surface area contributed by atoms with Crippen molar-refractivity contribution < 1.29 is 13.2 Å².